The zero-order valence-corrected chi connectivity index (χ0v) is 11.6. The molecular weight excluding hydrogens is 250 g/mol. The second kappa shape index (κ2) is 4.14. The molecule has 0 aromatic heterocycles. The molecule has 6 nitrogen and oxygen atoms in total. The van der Waals surface area contributed by atoms with Crippen LogP contribution in [0.3, 0.4) is 0 Å². The molecule has 0 aliphatic carbocycles. The van der Waals surface area contributed by atoms with Crippen molar-refractivity contribution >= 4 is 0 Å². The van der Waals surface area contributed by atoms with Gasteiger partial charge in [-0.2, -0.15) is 0 Å². The summed E-state index contributed by atoms with van der Waals surface area (Å²) in [5.41, 5.74) is 0. The third-order valence-corrected chi connectivity index (χ3v) is 3.60. The fraction of sp³-hybridized carbons (Fsp3) is 0.923. The fourth-order valence-electron chi connectivity index (χ4n) is 2.85. The first-order chi connectivity index (χ1) is 8.81. The zero-order valence-electron chi connectivity index (χ0n) is 11.6. The van der Waals surface area contributed by atoms with Crippen molar-refractivity contribution in [2.75, 3.05) is 6.61 Å². The topological polar surface area (TPSA) is 50.5 Å². The Balaban J connectivity index is 1.75. The minimum Gasteiger partial charge on any atom is -0.348 e. The molecule has 0 aromatic carbocycles. The van der Waals surface area contributed by atoms with E-state index in [0.717, 1.165) is 0 Å². The zero-order chi connectivity index (χ0) is 13.8. The lowest BCUT2D eigenvalue weighted by atomic mass is 10.0. The first kappa shape index (κ1) is 13.3. The van der Waals surface area contributed by atoms with Crippen molar-refractivity contribution in [2.24, 2.45) is 0 Å². The lowest BCUT2D eigenvalue weighted by molar-refractivity contribution is -0.221. The number of fused-ring (bicyclic) bond motifs is 1. The van der Waals surface area contributed by atoms with E-state index in [9.17, 15) is 0 Å². The van der Waals surface area contributed by atoms with Gasteiger partial charge in [-0.3, -0.25) is 0 Å². The van der Waals surface area contributed by atoms with Crippen LogP contribution in [0.1, 0.15) is 27.7 Å². The van der Waals surface area contributed by atoms with Crippen LogP contribution in [-0.2, 0) is 23.7 Å². The number of hydrogen-bond donors (Lipinski definition) is 0. The second-order valence-electron chi connectivity index (χ2n) is 6.06. The molecule has 3 saturated heterocycles. The number of ether oxygens (including phenoxy) is 5. The number of rotatable bonds is 1. The SMILES string of the molecule is [C-]#[N+][C@@H]1[C@H]2OC(C)(C)O[C@H]2O[C@@H]1[C@H]1COC(C)(C)O1. The minimum absolute atomic E-state index is 0.255. The van der Waals surface area contributed by atoms with Crippen molar-refractivity contribution in [3.8, 4) is 0 Å². The third kappa shape index (κ3) is 2.26. The summed E-state index contributed by atoms with van der Waals surface area (Å²) in [5, 5.41) is 0. The maximum atomic E-state index is 7.39. The summed E-state index contributed by atoms with van der Waals surface area (Å²) in [5.74, 6) is -1.32. The lowest BCUT2D eigenvalue weighted by Crippen LogP contribution is -2.41. The molecule has 0 radical (unpaired) electrons. The highest BCUT2D eigenvalue weighted by Gasteiger charge is 2.62. The van der Waals surface area contributed by atoms with E-state index in [4.69, 9.17) is 30.3 Å². The van der Waals surface area contributed by atoms with Crippen molar-refractivity contribution in [1.29, 1.82) is 0 Å². The Kier molecular flexibility index (Phi) is 2.89. The third-order valence-electron chi connectivity index (χ3n) is 3.60. The van der Waals surface area contributed by atoms with Crippen LogP contribution in [0, 0.1) is 6.57 Å². The molecule has 6 heteroatoms. The molecule has 3 heterocycles. The Hall–Kier alpha value is -0.710. The van der Waals surface area contributed by atoms with Gasteiger partial charge in [0.15, 0.2) is 30.1 Å². The van der Waals surface area contributed by atoms with Crippen molar-refractivity contribution in [2.45, 2.75) is 69.9 Å². The van der Waals surface area contributed by atoms with Gasteiger partial charge in [0, 0.05) is 0 Å². The van der Waals surface area contributed by atoms with Crippen LogP contribution in [0.5, 0.6) is 0 Å². The van der Waals surface area contributed by atoms with Crippen LogP contribution < -0.4 is 0 Å². The molecule has 0 unspecified atom stereocenters. The van der Waals surface area contributed by atoms with Gasteiger partial charge >= 0.3 is 0 Å². The van der Waals surface area contributed by atoms with Gasteiger partial charge in [0.25, 0.3) is 6.04 Å². The van der Waals surface area contributed by atoms with E-state index in [1.807, 2.05) is 27.7 Å². The molecule has 0 N–H and O–H groups in total. The van der Waals surface area contributed by atoms with Gasteiger partial charge in [-0.05, 0) is 27.7 Å². The molecule has 106 valence electrons. The largest absolute Gasteiger partial charge is 0.348 e. The van der Waals surface area contributed by atoms with Gasteiger partial charge in [0.05, 0.1) is 6.61 Å². The number of nitrogens with zero attached hydrogens (tertiary/aromatic N) is 1. The summed E-state index contributed by atoms with van der Waals surface area (Å²) in [7, 11) is 0. The summed E-state index contributed by atoms with van der Waals surface area (Å²) in [4.78, 5) is 3.65. The lowest BCUT2D eigenvalue weighted by Gasteiger charge is -2.24. The second-order valence-corrected chi connectivity index (χ2v) is 6.06. The molecule has 3 aliphatic rings. The first-order valence-electron chi connectivity index (χ1n) is 6.51. The average Bonchev–Trinajstić information content (AvgIpc) is 2.87. The normalized spacial score (nSPS) is 47.0. The molecule has 5 atom stereocenters. The van der Waals surface area contributed by atoms with Crippen LogP contribution >= 0.6 is 0 Å². The molecule has 0 saturated carbocycles. The highest BCUT2D eigenvalue weighted by Crippen LogP contribution is 2.41. The predicted molar refractivity (Wildman–Crippen MR) is 64.0 cm³/mol. The molecule has 19 heavy (non-hydrogen) atoms. The Bertz CT molecular complexity index is 416. The summed E-state index contributed by atoms with van der Waals surface area (Å²) >= 11 is 0. The Morgan fingerprint density at radius 1 is 1.00 bits per heavy atom. The van der Waals surface area contributed by atoms with Gasteiger partial charge in [0.2, 0.25) is 0 Å². The van der Waals surface area contributed by atoms with Gasteiger partial charge in [-0.15, -0.1) is 0 Å². The summed E-state index contributed by atoms with van der Waals surface area (Å²) in [6.45, 7) is 15.2. The van der Waals surface area contributed by atoms with Crippen molar-refractivity contribution < 1.29 is 23.7 Å². The molecule has 0 spiro atoms. The Labute approximate surface area is 112 Å². The van der Waals surface area contributed by atoms with Gasteiger partial charge < -0.3 is 28.5 Å². The van der Waals surface area contributed by atoms with Crippen LogP contribution in [0.2, 0.25) is 0 Å². The smallest absolute Gasteiger partial charge is 0.282 e. The molecule has 0 aromatic rings. The molecule has 0 bridgehead atoms. The van der Waals surface area contributed by atoms with Crippen LogP contribution in [-0.4, -0.2) is 48.8 Å². The molecule has 0 amide bonds. The van der Waals surface area contributed by atoms with E-state index in [1.165, 1.54) is 0 Å². The highest BCUT2D eigenvalue weighted by atomic mass is 16.8. The van der Waals surface area contributed by atoms with E-state index in [-0.39, 0.29) is 18.3 Å². The molecular formula is C13H19NO5. The van der Waals surface area contributed by atoms with Crippen molar-refractivity contribution in [3.63, 3.8) is 0 Å². The fourth-order valence-corrected chi connectivity index (χ4v) is 2.85. The molecule has 3 aliphatic heterocycles. The van der Waals surface area contributed by atoms with Crippen molar-refractivity contribution in [3.05, 3.63) is 11.4 Å². The van der Waals surface area contributed by atoms with E-state index in [1.54, 1.807) is 0 Å². The summed E-state index contributed by atoms with van der Waals surface area (Å²) < 4.78 is 28.6. The maximum absolute atomic E-state index is 7.39. The number of hydrogen-bond acceptors (Lipinski definition) is 5. The Morgan fingerprint density at radius 3 is 2.32 bits per heavy atom. The summed E-state index contributed by atoms with van der Waals surface area (Å²) in [6, 6.07) is -0.422. The van der Waals surface area contributed by atoms with E-state index < -0.39 is 23.9 Å². The van der Waals surface area contributed by atoms with Crippen molar-refractivity contribution in [1.82, 2.24) is 0 Å². The van der Waals surface area contributed by atoms with Gasteiger partial charge in [-0.1, -0.05) is 0 Å². The summed E-state index contributed by atoms with van der Waals surface area (Å²) in [6.07, 6.45) is -1.48. The first-order valence-corrected chi connectivity index (χ1v) is 6.51. The van der Waals surface area contributed by atoms with Crippen LogP contribution in [0.4, 0.5) is 0 Å². The molecule has 3 fully saturated rings. The molecule has 3 rings (SSSR count). The average molecular weight is 269 g/mol. The quantitative estimate of drug-likeness (QED) is 0.672. The van der Waals surface area contributed by atoms with E-state index in [2.05, 4.69) is 4.85 Å². The van der Waals surface area contributed by atoms with Gasteiger partial charge in [0.1, 0.15) is 6.10 Å². The highest BCUT2D eigenvalue weighted by molar-refractivity contribution is 5.06. The predicted octanol–water partition coefficient (Wildman–Crippen LogP) is 1.30. The van der Waals surface area contributed by atoms with Crippen LogP contribution in [0.25, 0.3) is 4.85 Å². The van der Waals surface area contributed by atoms with Crippen LogP contribution in [0.15, 0.2) is 0 Å². The van der Waals surface area contributed by atoms with Gasteiger partial charge in [-0.25, -0.2) is 6.57 Å². The maximum Gasteiger partial charge on any atom is 0.282 e. The minimum atomic E-state index is -0.699. The standard InChI is InChI=1S/C13H19NO5/c1-12(2)15-6-7(17-12)9-8(14-5)10-11(16-9)19-13(3,4)18-10/h7-11H,6H2,1-4H3/t7-,8+,9-,10-,11-/m1/s1. The Morgan fingerprint density at radius 2 is 1.74 bits per heavy atom. The van der Waals surface area contributed by atoms with E-state index >= 15 is 0 Å². The van der Waals surface area contributed by atoms with E-state index in [0.29, 0.717) is 6.61 Å². The monoisotopic (exact) mass is 269 g/mol.